The molecule has 1 N–H and O–H groups in total. The number of aromatic amines is 1. The summed E-state index contributed by atoms with van der Waals surface area (Å²) in [5.74, 6) is -1.27. The Balaban J connectivity index is 2.19. The van der Waals surface area contributed by atoms with Gasteiger partial charge in [-0.3, -0.25) is 4.79 Å². The number of rotatable bonds is 3. The van der Waals surface area contributed by atoms with Gasteiger partial charge in [-0.15, -0.1) is 0 Å². The van der Waals surface area contributed by atoms with Crippen LogP contribution in [0, 0.1) is 5.82 Å². The molecule has 0 aliphatic rings. The molecule has 0 unspecified atom stereocenters. The van der Waals surface area contributed by atoms with Gasteiger partial charge in [0, 0.05) is 24.0 Å². The van der Waals surface area contributed by atoms with Gasteiger partial charge in [0.2, 0.25) is 5.43 Å². The molecule has 0 fully saturated rings. The average Bonchev–Trinajstić information content (AvgIpc) is 3.02. The molecular weight excluding hydrogens is 287 g/mol. The number of esters is 1. The first-order valence-corrected chi connectivity index (χ1v) is 6.77. The molecule has 112 valence electrons. The number of carbonyl (C=O) groups is 1. The number of halogens is 1. The van der Waals surface area contributed by atoms with Crippen molar-refractivity contribution in [2.24, 2.45) is 0 Å². The molecule has 0 aliphatic heterocycles. The zero-order valence-electron chi connectivity index (χ0n) is 11.8. The van der Waals surface area contributed by atoms with Crippen molar-refractivity contribution in [2.45, 2.75) is 6.92 Å². The number of hydrogen-bond acceptors (Lipinski definition) is 3. The van der Waals surface area contributed by atoms with Gasteiger partial charge in [0.15, 0.2) is 0 Å². The SMILES string of the molecule is CCOC(=O)c1c[nH]c2cc(-n3cccc3)c(F)cc2c1=O. The maximum Gasteiger partial charge on any atom is 0.343 e. The normalized spacial score (nSPS) is 10.8. The van der Waals surface area contributed by atoms with Crippen molar-refractivity contribution < 1.29 is 13.9 Å². The third kappa shape index (κ3) is 2.28. The van der Waals surface area contributed by atoms with Gasteiger partial charge in [0.25, 0.3) is 0 Å². The van der Waals surface area contributed by atoms with Crippen LogP contribution in [0.3, 0.4) is 0 Å². The van der Waals surface area contributed by atoms with Crippen LogP contribution in [-0.2, 0) is 4.74 Å². The summed E-state index contributed by atoms with van der Waals surface area (Å²) < 4.78 is 20.7. The largest absolute Gasteiger partial charge is 0.462 e. The van der Waals surface area contributed by atoms with E-state index in [1.807, 2.05) is 0 Å². The van der Waals surface area contributed by atoms with Crippen molar-refractivity contribution in [1.29, 1.82) is 0 Å². The van der Waals surface area contributed by atoms with E-state index >= 15 is 0 Å². The van der Waals surface area contributed by atoms with Crippen molar-refractivity contribution in [3.63, 3.8) is 0 Å². The van der Waals surface area contributed by atoms with Gasteiger partial charge in [-0.25, -0.2) is 9.18 Å². The molecule has 0 spiro atoms. The minimum atomic E-state index is -0.722. The van der Waals surface area contributed by atoms with E-state index in [1.54, 1.807) is 36.0 Å². The second kappa shape index (κ2) is 5.48. The minimum absolute atomic E-state index is 0.110. The van der Waals surface area contributed by atoms with Gasteiger partial charge in [-0.2, -0.15) is 0 Å². The topological polar surface area (TPSA) is 64.1 Å². The first-order chi connectivity index (χ1) is 10.6. The molecular formula is C16H13FN2O3. The molecule has 0 radical (unpaired) electrons. The molecule has 0 aliphatic carbocycles. The number of H-pyrrole nitrogens is 1. The molecule has 3 aromatic rings. The lowest BCUT2D eigenvalue weighted by molar-refractivity contribution is 0.0524. The Morgan fingerprint density at radius 3 is 2.73 bits per heavy atom. The van der Waals surface area contributed by atoms with Crippen molar-refractivity contribution >= 4 is 16.9 Å². The van der Waals surface area contributed by atoms with Crippen molar-refractivity contribution in [3.8, 4) is 5.69 Å². The molecule has 0 saturated carbocycles. The summed E-state index contributed by atoms with van der Waals surface area (Å²) in [6, 6.07) is 6.21. The van der Waals surface area contributed by atoms with Gasteiger partial charge in [-0.1, -0.05) is 0 Å². The quantitative estimate of drug-likeness (QED) is 0.756. The first kappa shape index (κ1) is 14.1. The Hall–Kier alpha value is -2.89. The predicted octanol–water partition coefficient (Wildman–Crippen LogP) is 2.63. The monoisotopic (exact) mass is 300 g/mol. The molecule has 0 atom stereocenters. The highest BCUT2D eigenvalue weighted by molar-refractivity contribution is 5.93. The van der Waals surface area contributed by atoms with Gasteiger partial charge in [0.05, 0.1) is 17.8 Å². The molecule has 2 heterocycles. The average molecular weight is 300 g/mol. The van der Waals surface area contributed by atoms with Crippen LogP contribution in [0.1, 0.15) is 17.3 Å². The van der Waals surface area contributed by atoms with Crippen LogP contribution in [0.5, 0.6) is 0 Å². The van der Waals surface area contributed by atoms with Gasteiger partial charge < -0.3 is 14.3 Å². The minimum Gasteiger partial charge on any atom is -0.462 e. The van der Waals surface area contributed by atoms with Gasteiger partial charge in [0.1, 0.15) is 11.4 Å². The maximum absolute atomic E-state index is 14.3. The number of carbonyl (C=O) groups excluding carboxylic acids is 1. The molecule has 3 rings (SSSR count). The molecule has 0 bridgehead atoms. The van der Waals surface area contributed by atoms with E-state index in [0.717, 1.165) is 6.07 Å². The molecule has 2 aromatic heterocycles. The second-order valence-electron chi connectivity index (χ2n) is 4.69. The molecule has 5 nitrogen and oxygen atoms in total. The van der Waals surface area contributed by atoms with E-state index in [4.69, 9.17) is 4.74 Å². The van der Waals surface area contributed by atoms with Gasteiger partial charge >= 0.3 is 5.97 Å². The Kier molecular flexibility index (Phi) is 3.50. The summed E-state index contributed by atoms with van der Waals surface area (Å²) in [6.07, 6.45) is 4.70. The molecule has 6 heteroatoms. The zero-order chi connectivity index (χ0) is 15.7. The lowest BCUT2D eigenvalue weighted by atomic mass is 10.1. The highest BCUT2D eigenvalue weighted by atomic mass is 19.1. The van der Waals surface area contributed by atoms with Crippen LogP contribution in [0.15, 0.2) is 47.7 Å². The summed E-state index contributed by atoms with van der Waals surface area (Å²) in [5.41, 5.74) is 0.0767. The van der Waals surface area contributed by atoms with Gasteiger partial charge in [-0.05, 0) is 31.2 Å². The molecule has 22 heavy (non-hydrogen) atoms. The first-order valence-electron chi connectivity index (χ1n) is 6.77. The van der Waals surface area contributed by atoms with E-state index in [2.05, 4.69) is 4.98 Å². The number of benzene rings is 1. The Morgan fingerprint density at radius 2 is 2.05 bits per heavy atom. The van der Waals surface area contributed by atoms with Crippen LogP contribution in [0.25, 0.3) is 16.6 Å². The number of nitrogens with zero attached hydrogens (tertiary/aromatic N) is 1. The molecule has 0 saturated heterocycles. The Labute approximate surface area is 125 Å². The Bertz CT molecular complexity index is 898. The van der Waals surface area contributed by atoms with Crippen molar-refractivity contribution in [1.82, 2.24) is 9.55 Å². The maximum atomic E-state index is 14.3. The lowest BCUT2D eigenvalue weighted by Gasteiger charge is -2.08. The van der Waals surface area contributed by atoms with E-state index in [0.29, 0.717) is 11.2 Å². The van der Waals surface area contributed by atoms with Crippen molar-refractivity contribution in [2.75, 3.05) is 6.61 Å². The Morgan fingerprint density at radius 1 is 1.32 bits per heavy atom. The third-order valence-corrected chi connectivity index (χ3v) is 3.33. The highest BCUT2D eigenvalue weighted by Gasteiger charge is 2.16. The smallest absolute Gasteiger partial charge is 0.343 e. The van der Waals surface area contributed by atoms with E-state index in [9.17, 15) is 14.0 Å². The third-order valence-electron chi connectivity index (χ3n) is 3.33. The number of aromatic nitrogens is 2. The van der Waals surface area contributed by atoms with Crippen LogP contribution in [0.4, 0.5) is 4.39 Å². The molecule has 1 aromatic carbocycles. The number of ether oxygens (including phenoxy) is 1. The fourth-order valence-electron chi connectivity index (χ4n) is 2.28. The number of fused-ring (bicyclic) bond motifs is 1. The van der Waals surface area contributed by atoms with E-state index in [1.165, 1.54) is 12.3 Å². The standard InChI is InChI=1S/C16H13FN2O3/c1-2-22-16(21)11-9-18-13-8-14(19-5-3-4-6-19)12(17)7-10(13)15(11)20/h3-9H,2H2,1H3,(H,18,20). The predicted molar refractivity (Wildman–Crippen MR) is 79.8 cm³/mol. The zero-order valence-corrected chi connectivity index (χ0v) is 11.8. The summed E-state index contributed by atoms with van der Waals surface area (Å²) in [5, 5.41) is 0.110. The van der Waals surface area contributed by atoms with Crippen LogP contribution in [0.2, 0.25) is 0 Å². The summed E-state index contributed by atoms with van der Waals surface area (Å²) in [7, 11) is 0. The highest BCUT2D eigenvalue weighted by Crippen LogP contribution is 2.19. The van der Waals surface area contributed by atoms with Crippen LogP contribution in [-0.4, -0.2) is 22.1 Å². The van der Waals surface area contributed by atoms with E-state index < -0.39 is 17.2 Å². The second-order valence-corrected chi connectivity index (χ2v) is 4.69. The summed E-state index contributed by atoms with van der Waals surface area (Å²) in [4.78, 5) is 26.9. The van der Waals surface area contributed by atoms with Crippen LogP contribution < -0.4 is 5.43 Å². The van der Waals surface area contributed by atoms with Crippen molar-refractivity contribution in [3.05, 3.63) is 64.5 Å². The number of hydrogen-bond donors (Lipinski definition) is 1. The number of nitrogens with one attached hydrogen (secondary N) is 1. The fourth-order valence-corrected chi connectivity index (χ4v) is 2.28. The summed E-state index contributed by atoms with van der Waals surface area (Å²) in [6.45, 7) is 1.81. The fraction of sp³-hybridized carbons (Fsp3) is 0.125. The molecule has 0 amide bonds. The summed E-state index contributed by atoms with van der Waals surface area (Å²) >= 11 is 0. The van der Waals surface area contributed by atoms with Crippen LogP contribution >= 0.6 is 0 Å². The van der Waals surface area contributed by atoms with E-state index in [-0.39, 0.29) is 17.6 Å². The number of pyridine rings is 1. The lowest BCUT2D eigenvalue weighted by Crippen LogP contribution is -2.18.